The SMILES string of the molecule is Br.Br.Cc1ncc(C[n+]2cccc(CCO)c2C)c(N)n1. The number of nitrogens with two attached hydrogens (primary N) is 1. The van der Waals surface area contributed by atoms with Gasteiger partial charge in [0.05, 0.1) is 5.56 Å². The topological polar surface area (TPSA) is 75.9 Å². The summed E-state index contributed by atoms with van der Waals surface area (Å²) in [7, 11) is 0. The van der Waals surface area contributed by atoms with Gasteiger partial charge in [-0.25, -0.2) is 9.97 Å². The number of aryl methyl sites for hydroxylation is 1. The first-order valence-corrected chi connectivity index (χ1v) is 6.28. The van der Waals surface area contributed by atoms with Crippen LogP contribution in [0.3, 0.4) is 0 Å². The van der Waals surface area contributed by atoms with E-state index in [1.165, 1.54) is 0 Å². The Hall–Kier alpha value is -1.05. The van der Waals surface area contributed by atoms with Gasteiger partial charge in [0.25, 0.3) is 0 Å². The summed E-state index contributed by atoms with van der Waals surface area (Å²) in [5, 5.41) is 9.05. The van der Waals surface area contributed by atoms with Crippen LogP contribution >= 0.6 is 34.0 Å². The van der Waals surface area contributed by atoms with E-state index >= 15 is 0 Å². The summed E-state index contributed by atoms with van der Waals surface area (Å²) in [6.45, 7) is 4.65. The number of nitrogens with zero attached hydrogens (tertiary/aromatic N) is 3. The molecule has 5 nitrogen and oxygen atoms in total. The van der Waals surface area contributed by atoms with Crippen LogP contribution < -0.4 is 10.3 Å². The zero-order valence-corrected chi connectivity index (χ0v) is 15.5. The summed E-state index contributed by atoms with van der Waals surface area (Å²) in [4.78, 5) is 8.35. The third kappa shape index (κ3) is 5.01. The summed E-state index contributed by atoms with van der Waals surface area (Å²) >= 11 is 0. The molecule has 2 rings (SSSR count). The van der Waals surface area contributed by atoms with Gasteiger partial charge in [0.15, 0.2) is 18.4 Å². The van der Waals surface area contributed by atoms with Crippen molar-refractivity contribution in [1.29, 1.82) is 0 Å². The van der Waals surface area contributed by atoms with Crippen molar-refractivity contribution in [3.63, 3.8) is 0 Å². The van der Waals surface area contributed by atoms with Crippen LogP contribution in [0.15, 0.2) is 24.5 Å². The third-order valence-electron chi connectivity index (χ3n) is 3.20. The summed E-state index contributed by atoms with van der Waals surface area (Å²) in [5.41, 5.74) is 9.07. The van der Waals surface area contributed by atoms with E-state index in [1.807, 2.05) is 32.2 Å². The van der Waals surface area contributed by atoms with Crippen LogP contribution in [0, 0.1) is 13.8 Å². The molecule has 2 aromatic heterocycles. The van der Waals surface area contributed by atoms with Crippen LogP contribution in [0.25, 0.3) is 0 Å². The molecule has 0 fully saturated rings. The minimum absolute atomic E-state index is 0. The first-order chi connectivity index (χ1) is 9.11. The third-order valence-corrected chi connectivity index (χ3v) is 3.20. The fraction of sp³-hybridized carbons (Fsp3) is 0.357. The molecule has 0 unspecified atom stereocenters. The Balaban J connectivity index is 0.00000200. The monoisotopic (exact) mass is 419 g/mol. The maximum atomic E-state index is 9.05. The molecule has 0 saturated carbocycles. The van der Waals surface area contributed by atoms with Crippen LogP contribution in [-0.2, 0) is 13.0 Å². The van der Waals surface area contributed by atoms with Crippen molar-refractivity contribution in [2.24, 2.45) is 0 Å². The minimum Gasteiger partial charge on any atom is -0.396 e. The van der Waals surface area contributed by atoms with E-state index in [4.69, 9.17) is 10.8 Å². The Kier molecular flexibility index (Phi) is 8.61. The number of hydrogen-bond donors (Lipinski definition) is 2. The lowest BCUT2D eigenvalue weighted by Gasteiger charge is -2.06. The van der Waals surface area contributed by atoms with Crippen LogP contribution in [-0.4, -0.2) is 21.7 Å². The van der Waals surface area contributed by atoms with Crippen molar-refractivity contribution >= 4 is 39.8 Å². The standard InChI is InChI=1S/C14H19N4O.2BrH/c1-10-12(5-7-19)4-3-6-18(10)9-13-8-16-11(2)17-14(13)15;;/h3-4,6,8,19H,5,7,9H2,1-2H3,(H2,15,16,17);2*1H/q+1;;. The van der Waals surface area contributed by atoms with Crippen molar-refractivity contribution in [3.05, 3.63) is 47.2 Å². The predicted octanol–water partition coefficient (Wildman–Crippen LogP) is 1.70. The molecule has 0 aromatic carbocycles. The average molecular weight is 421 g/mol. The second-order valence-corrected chi connectivity index (χ2v) is 4.55. The number of anilines is 1. The van der Waals surface area contributed by atoms with E-state index in [2.05, 4.69) is 14.5 Å². The molecule has 0 radical (unpaired) electrons. The number of hydrogen-bond acceptors (Lipinski definition) is 4. The van der Waals surface area contributed by atoms with Crippen molar-refractivity contribution in [3.8, 4) is 0 Å². The second kappa shape index (κ2) is 9.07. The highest BCUT2D eigenvalue weighted by atomic mass is 79.9. The fourth-order valence-corrected chi connectivity index (χ4v) is 2.05. The molecule has 0 spiro atoms. The highest BCUT2D eigenvalue weighted by Gasteiger charge is 2.14. The van der Waals surface area contributed by atoms with Crippen LogP contribution in [0.2, 0.25) is 0 Å². The summed E-state index contributed by atoms with van der Waals surface area (Å²) in [6.07, 6.45) is 4.42. The first kappa shape index (κ1) is 19.9. The fourth-order valence-electron chi connectivity index (χ4n) is 2.05. The number of aliphatic hydroxyl groups is 1. The predicted molar refractivity (Wildman–Crippen MR) is 93.1 cm³/mol. The smallest absolute Gasteiger partial charge is 0.181 e. The van der Waals surface area contributed by atoms with Gasteiger partial charge in [-0.2, -0.15) is 4.57 Å². The van der Waals surface area contributed by atoms with E-state index < -0.39 is 0 Å². The Morgan fingerprint density at radius 1 is 1.24 bits per heavy atom. The van der Waals surface area contributed by atoms with E-state index in [1.54, 1.807) is 6.20 Å². The van der Waals surface area contributed by atoms with E-state index in [0.29, 0.717) is 24.6 Å². The van der Waals surface area contributed by atoms with Gasteiger partial charge in [0.1, 0.15) is 11.6 Å². The van der Waals surface area contributed by atoms with Crippen LogP contribution in [0.5, 0.6) is 0 Å². The highest BCUT2D eigenvalue weighted by Crippen LogP contribution is 2.08. The maximum Gasteiger partial charge on any atom is 0.181 e. The number of rotatable bonds is 4. The number of aromatic nitrogens is 3. The normalized spacial score (nSPS) is 9.67. The summed E-state index contributed by atoms with van der Waals surface area (Å²) < 4.78 is 2.09. The lowest BCUT2D eigenvalue weighted by Crippen LogP contribution is -2.38. The molecule has 21 heavy (non-hydrogen) atoms. The number of pyridine rings is 1. The molecular weight excluding hydrogens is 400 g/mol. The van der Waals surface area contributed by atoms with Gasteiger partial charge >= 0.3 is 0 Å². The lowest BCUT2D eigenvalue weighted by atomic mass is 10.1. The van der Waals surface area contributed by atoms with Crippen molar-refractivity contribution in [2.75, 3.05) is 12.3 Å². The molecule has 2 heterocycles. The quantitative estimate of drug-likeness (QED) is 0.738. The molecule has 0 saturated heterocycles. The van der Waals surface area contributed by atoms with Crippen molar-refractivity contribution in [2.45, 2.75) is 26.8 Å². The number of nitrogen functional groups attached to an aromatic ring is 1. The Bertz CT molecular complexity index is 593. The Morgan fingerprint density at radius 2 is 1.95 bits per heavy atom. The molecule has 0 amide bonds. The summed E-state index contributed by atoms with van der Waals surface area (Å²) in [6, 6.07) is 4.00. The molecular formula is C14H21Br2N4O+. The Morgan fingerprint density at radius 3 is 2.57 bits per heavy atom. The molecule has 0 aliphatic carbocycles. The van der Waals surface area contributed by atoms with Gasteiger partial charge in [-0.3, -0.25) is 0 Å². The molecule has 2 aromatic rings. The Labute approximate surface area is 145 Å². The second-order valence-electron chi connectivity index (χ2n) is 4.55. The molecule has 0 atom stereocenters. The zero-order chi connectivity index (χ0) is 13.8. The molecule has 3 N–H and O–H groups in total. The van der Waals surface area contributed by atoms with Gasteiger partial charge in [-0.15, -0.1) is 34.0 Å². The summed E-state index contributed by atoms with van der Waals surface area (Å²) in [5.74, 6) is 1.20. The molecule has 0 aliphatic heterocycles. The number of halogens is 2. The highest BCUT2D eigenvalue weighted by molar-refractivity contribution is 8.93. The molecule has 0 bridgehead atoms. The average Bonchev–Trinajstić information content (AvgIpc) is 2.37. The minimum atomic E-state index is 0. The van der Waals surface area contributed by atoms with E-state index in [0.717, 1.165) is 16.8 Å². The maximum absolute atomic E-state index is 9.05. The largest absolute Gasteiger partial charge is 0.396 e. The van der Waals surface area contributed by atoms with Crippen molar-refractivity contribution in [1.82, 2.24) is 9.97 Å². The van der Waals surface area contributed by atoms with E-state index in [-0.39, 0.29) is 40.6 Å². The number of aliphatic hydroxyl groups excluding tert-OH is 1. The molecule has 116 valence electrons. The molecule has 0 aliphatic rings. The van der Waals surface area contributed by atoms with E-state index in [9.17, 15) is 0 Å². The zero-order valence-electron chi connectivity index (χ0n) is 12.1. The van der Waals surface area contributed by atoms with Crippen LogP contribution in [0.4, 0.5) is 5.82 Å². The van der Waals surface area contributed by atoms with Gasteiger partial charge in [0.2, 0.25) is 0 Å². The first-order valence-electron chi connectivity index (χ1n) is 6.28. The van der Waals surface area contributed by atoms with Gasteiger partial charge < -0.3 is 10.8 Å². The van der Waals surface area contributed by atoms with Gasteiger partial charge in [-0.05, 0) is 13.0 Å². The van der Waals surface area contributed by atoms with Crippen molar-refractivity contribution < 1.29 is 9.67 Å². The van der Waals surface area contributed by atoms with Crippen LogP contribution in [0.1, 0.15) is 22.6 Å². The van der Waals surface area contributed by atoms with Gasteiger partial charge in [0, 0.05) is 37.8 Å². The lowest BCUT2D eigenvalue weighted by molar-refractivity contribution is -0.694. The molecule has 7 heteroatoms. The van der Waals surface area contributed by atoms with Gasteiger partial charge in [-0.1, -0.05) is 0 Å².